The molecule has 1 rings (SSSR count). The Balaban J connectivity index is 2.49. The van der Waals surface area contributed by atoms with Crippen molar-refractivity contribution < 1.29 is 14.6 Å². The molecule has 0 aliphatic carbocycles. The van der Waals surface area contributed by atoms with E-state index in [4.69, 9.17) is 9.84 Å². The van der Waals surface area contributed by atoms with Gasteiger partial charge in [0.2, 0.25) is 0 Å². The van der Waals surface area contributed by atoms with E-state index in [-0.39, 0.29) is 6.10 Å². The van der Waals surface area contributed by atoms with E-state index >= 15 is 0 Å². The third kappa shape index (κ3) is 1.20. The number of carboxylic acids is 1. The molecule has 0 aromatic carbocycles. The predicted molar refractivity (Wildman–Crippen MR) is 30.0 cm³/mol. The summed E-state index contributed by atoms with van der Waals surface area (Å²) in [6.45, 7) is 2.08. The maximum absolute atomic E-state index is 10.3. The summed E-state index contributed by atoms with van der Waals surface area (Å²) >= 11 is 0. The molecular formula is C5H9NO3. The Morgan fingerprint density at radius 3 is 2.78 bits per heavy atom. The Labute approximate surface area is 52.8 Å². The maximum atomic E-state index is 10.3. The van der Waals surface area contributed by atoms with Crippen molar-refractivity contribution in [3.8, 4) is 0 Å². The molecule has 2 N–H and O–H groups in total. The molecule has 1 heterocycles. The van der Waals surface area contributed by atoms with Gasteiger partial charge in [-0.15, -0.1) is 0 Å². The van der Waals surface area contributed by atoms with Gasteiger partial charge in [-0.1, -0.05) is 0 Å². The predicted octanol–water partition coefficient (Wildman–Crippen LogP) is -0.595. The molecule has 0 aromatic heterocycles. The molecule has 52 valence electrons. The Kier molecular flexibility index (Phi) is 1.68. The van der Waals surface area contributed by atoms with E-state index in [1.807, 2.05) is 0 Å². The van der Waals surface area contributed by atoms with Crippen molar-refractivity contribution in [2.45, 2.75) is 19.1 Å². The normalized spacial score (nSPS) is 34.8. The van der Waals surface area contributed by atoms with Crippen LogP contribution in [0.1, 0.15) is 6.92 Å². The highest BCUT2D eigenvalue weighted by Gasteiger charge is 2.29. The lowest BCUT2D eigenvalue weighted by atomic mass is 10.2. The SMILES string of the molecule is CC1OCNC1C(=O)O. The number of rotatable bonds is 1. The van der Waals surface area contributed by atoms with Gasteiger partial charge in [0.1, 0.15) is 6.04 Å². The lowest BCUT2D eigenvalue weighted by molar-refractivity contribution is -0.140. The molecule has 0 aromatic rings. The highest BCUT2D eigenvalue weighted by Crippen LogP contribution is 2.04. The van der Waals surface area contributed by atoms with Crippen molar-refractivity contribution in [1.82, 2.24) is 5.32 Å². The number of carboxylic acid groups (broad SMARTS) is 1. The molecular weight excluding hydrogens is 122 g/mol. The molecule has 4 nitrogen and oxygen atoms in total. The van der Waals surface area contributed by atoms with Crippen LogP contribution in [0.15, 0.2) is 0 Å². The van der Waals surface area contributed by atoms with Gasteiger partial charge in [-0.05, 0) is 6.92 Å². The van der Waals surface area contributed by atoms with Gasteiger partial charge in [-0.2, -0.15) is 0 Å². The van der Waals surface area contributed by atoms with Gasteiger partial charge in [0.25, 0.3) is 0 Å². The van der Waals surface area contributed by atoms with E-state index in [0.29, 0.717) is 6.73 Å². The topological polar surface area (TPSA) is 58.6 Å². The lowest BCUT2D eigenvalue weighted by Crippen LogP contribution is -2.36. The van der Waals surface area contributed by atoms with Gasteiger partial charge in [0.05, 0.1) is 12.8 Å². The van der Waals surface area contributed by atoms with Crippen LogP contribution < -0.4 is 5.32 Å². The number of ether oxygens (including phenoxy) is 1. The largest absolute Gasteiger partial charge is 0.480 e. The Bertz CT molecular complexity index is 125. The number of aliphatic carboxylic acids is 1. The van der Waals surface area contributed by atoms with Crippen molar-refractivity contribution >= 4 is 5.97 Å². The number of carbonyl (C=O) groups is 1. The van der Waals surface area contributed by atoms with Gasteiger partial charge in [-0.25, -0.2) is 0 Å². The van der Waals surface area contributed by atoms with E-state index in [2.05, 4.69) is 5.32 Å². The molecule has 4 heteroatoms. The summed E-state index contributed by atoms with van der Waals surface area (Å²) in [4.78, 5) is 10.3. The number of hydrogen-bond acceptors (Lipinski definition) is 3. The summed E-state index contributed by atoms with van der Waals surface area (Å²) in [6.07, 6.45) is -0.206. The van der Waals surface area contributed by atoms with Crippen molar-refractivity contribution in [2.75, 3.05) is 6.73 Å². The quantitative estimate of drug-likeness (QED) is 0.499. The molecule has 0 saturated carbocycles. The zero-order valence-electron chi connectivity index (χ0n) is 5.13. The molecule has 0 radical (unpaired) electrons. The molecule has 1 aliphatic heterocycles. The molecule has 0 spiro atoms. The minimum absolute atomic E-state index is 0.206. The molecule has 2 atom stereocenters. The summed E-state index contributed by atoms with van der Waals surface area (Å²) in [5.41, 5.74) is 0. The van der Waals surface area contributed by atoms with Crippen LogP contribution >= 0.6 is 0 Å². The van der Waals surface area contributed by atoms with Crippen LogP contribution in [0.2, 0.25) is 0 Å². The van der Waals surface area contributed by atoms with Crippen molar-refractivity contribution in [3.63, 3.8) is 0 Å². The Morgan fingerprint density at radius 2 is 2.56 bits per heavy atom. The fraction of sp³-hybridized carbons (Fsp3) is 0.800. The zero-order chi connectivity index (χ0) is 6.85. The average Bonchev–Trinajstić information content (AvgIpc) is 2.13. The summed E-state index contributed by atoms with van der Waals surface area (Å²) in [7, 11) is 0. The molecule has 0 amide bonds. The van der Waals surface area contributed by atoms with Gasteiger partial charge in [0, 0.05) is 0 Å². The minimum atomic E-state index is -0.847. The smallest absolute Gasteiger partial charge is 0.323 e. The van der Waals surface area contributed by atoms with Crippen molar-refractivity contribution in [2.24, 2.45) is 0 Å². The second kappa shape index (κ2) is 2.33. The zero-order valence-corrected chi connectivity index (χ0v) is 5.13. The third-order valence-electron chi connectivity index (χ3n) is 1.38. The fourth-order valence-electron chi connectivity index (χ4n) is 0.820. The number of hydrogen-bond donors (Lipinski definition) is 2. The Morgan fingerprint density at radius 1 is 1.89 bits per heavy atom. The molecule has 1 saturated heterocycles. The van der Waals surface area contributed by atoms with E-state index < -0.39 is 12.0 Å². The molecule has 0 bridgehead atoms. The first kappa shape index (κ1) is 6.51. The van der Waals surface area contributed by atoms with Crippen molar-refractivity contribution in [3.05, 3.63) is 0 Å². The molecule has 1 fully saturated rings. The first-order chi connectivity index (χ1) is 4.22. The number of nitrogens with one attached hydrogen (secondary N) is 1. The van der Waals surface area contributed by atoms with Gasteiger partial charge < -0.3 is 9.84 Å². The van der Waals surface area contributed by atoms with E-state index in [9.17, 15) is 4.79 Å². The first-order valence-corrected chi connectivity index (χ1v) is 2.79. The van der Waals surface area contributed by atoms with Crippen LogP contribution in [0.25, 0.3) is 0 Å². The van der Waals surface area contributed by atoms with E-state index in [0.717, 1.165) is 0 Å². The van der Waals surface area contributed by atoms with Gasteiger partial charge in [-0.3, -0.25) is 10.1 Å². The summed E-state index contributed by atoms with van der Waals surface area (Å²) in [6, 6.07) is -0.523. The highest BCUT2D eigenvalue weighted by molar-refractivity contribution is 5.74. The van der Waals surface area contributed by atoms with Crippen molar-refractivity contribution in [1.29, 1.82) is 0 Å². The Hall–Kier alpha value is -0.610. The third-order valence-corrected chi connectivity index (χ3v) is 1.38. The van der Waals surface area contributed by atoms with Crippen LogP contribution in [-0.4, -0.2) is 30.0 Å². The van der Waals surface area contributed by atoms with Crippen LogP contribution in [0.5, 0.6) is 0 Å². The van der Waals surface area contributed by atoms with Gasteiger partial charge in [0.15, 0.2) is 0 Å². The second-order valence-electron chi connectivity index (χ2n) is 2.04. The fourth-order valence-corrected chi connectivity index (χ4v) is 0.820. The molecule has 9 heavy (non-hydrogen) atoms. The average molecular weight is 131 g/mol. The van der Waals surface area contributed by atoms with E-state index in [1.54, 1.807) is 6.92 Å². The van der Waals surface area contributed by atoms with Crippen LogP contribution in [0.3, 0.4) is 0 Å². The standard InChI is InChI=1S/C5H9NO3/c1-3-4(5(7)8)6-2-9-3/h3-4,6H,2H2,1H3,(H,7,8). The summed E-state index contributed by atoms with van der Waals surface area (Å²) in [5, 5.41) is 11.1. The van der Waals surface area contributed by atoms with E-state index in [1.165, 1.54) is 0 Å². The maximum Gasteiger partial charge on any atom is 0.323 e. The first-order valence-electron chi connectivity index (χ1n) is 2.79. The highest BCUT2D eigenvalue weighted by atomic mass is 16.5. The minimum Gasteiger partial charge on any atom is -0.480 e. The lowest BCUT2D eigenvalue weighted by Gasteiger charge is -2.06. The van der Waals surface area contributed by atoms with Crippen LogP contribution in [-0.2, 0) is 9.53 Å². The molecule has 1 aliphatic rings. The molecule has 2 unspecified atom stereocenters. The summed E-state index contributed by atoms with van der Waals surface area (Å²) < 4.78 is 4.93. The second-order valence-corrected chi connectivity index (χ2v) is 2.04. The van der Waals surface area contributed by atoms with Crippen LogP contribution in [0, 0.1) is 0 Å². The van der Waals surface area contributed by atoms with Crippen LogP contribution in [0.4, 0.5) is 0 Å². The monoisotopic (exact) mass is 131 g/mol. The summed E-state index contributed by atoms with van der Waals surface area (Å²) in [5.74, 6) is -0.847. The van der Waals surface area contributed by atoms with Gasteiger partial charge >= 0.3 is 5.97 Å².